The Morgan fingerprint density at radius 3 is 2.16 bits per heavy atom. The molecular formula is C28H28BrN5O4. The Balaban J connectivity index is 0.00000294. The molecule has 3 aromatic rings. The largest absolute Gasteiger partial charge is 1.00 e. The van der Waals surface area contributed by atoms with Gasteiger partial charge in [0.25, 0.3) is 5.91 Å². The number of carbonyl (C=O) groups excluding carboxylic acids is 2. The number of quaternary nitrogens is 1. The van der Waals surface area contributed by atoms with E-state index in [1.54, 1.807) is 12.1 Å². The van der Waals surface area contributed by atoms with E-state index < -0.39 is 11.6 Å². The van der Waals surface area contributed by atoms with E-state index >= 15 is 0 Å². The lowest BCUT2D eigenvalue weighted by Gasteiger charge is -2.51. The number of amides is 1. The van der Waals surface area contributed by atoms with Gasteiger partial charge in [0.15, 0.2) is 12.6 Å². The van der Waals surface area contributed by atoms with Crippen molar-refractivity contribution < 1.29 is 40.9 Å². The van der Waals surface area contributed by atoms with E-state index in [4.69, 9.17) is 4.74 Å². The van der Waals surface area contributed by atoms with Crippen LogP contribution in [0.5, 0.6) is 0 Å². The van der Waals surface area contributed by atoms with Crippen molar-refractivity contribution in [1.29, 1.82) is 0 Å². The molecule has 2 aromatic carbocycles. The van der Waals surface area contributed by atoms with Crippen molar-refractivity contribution in [2.75, 3.05) is 31.5 Å². The predicted molar refractivity (Wildman–Crippen MR) is 136 cm³/mol. The molecule has 1 aliphatic carbocycles. The first-order valence-corrected chi connectivity index (χ1v) is 12.5. The number of rotatable bonds is 5. The summed E-state index contributed by atoms with van der Waals surface area (Å²) in [6.45, 7) is 2.44. The molecule has 4 aliphatic rings. The number of benzene rings is 2. The lowest BCUT2D eigenvalue weighted by molar-refractivity contribution is -0.939. The highest BCUT2D eigenvalue weighted by atomic mass is 79.9. The first kappa shape index (κ1) is 26.1. The second-order valence-electron chi connectivity index (χ2n) is 10.1. The normalized spacial score (nSPS) is 24.2. The highest BCUT2D eigenvalue weighted by Gasteiger charge is 2.52. The molecule has 0 unspecified atom stereocenters. The van der Waals surface area contributed by atoms with Gasteiger partial charge in [-0.1, -0.05) is 60.7 Å². The van der Waals surface area contributed by atoms with Crippen LogP contribution >= 0.6 is 0 Å². The van der Waals surface area contributed by atoms with E-state index in [0.29, 0.717) is 22.2 Å². The smallest absolute Gasteiger partial charge is 0.348 e. The van der Waals surface area contributed by atoms with E-state index in [0.717, 1.165) is 37.1 Å². The van der Waals surface area contributed by atoms with Crippen molar-refractivity contribution in [1.82, 2.24) is 15.0 Å². The van der Waals surface area contributed by atoms with Gasteiger partial charge in [0.1, 0.15) is 19.2 Å². The third-order valence-corrected chi connectivity index (χ3v) is 7.96. The maximum Gasteiger partial charge on any atom is 0.348 e. The van der Waals surface area contributed by atoms with Gasteiger partial charge in [0, 0.05) is 29.9 Å². The van der Waals surface area contributed by atoms with Gasteiger partial charge in [-0.3, -0.25) is 10.1 Å². The van der Waals surface area contributed by atoms with Gasteiger partial charge in [0.2, 0.25) is 11.5 Å². The SMILES string of the molecule is O=C(C[N+]12CCC(CC1)[C@@H](OC(=O)C1(O)c3ccccc3C=Cc3ccccc31)C2)Nc1ncncn1.[Br-]. The van der Waals surface area contributed by atoms with Crippen molar-refractivity contribution >= 4 is 30.0 Å². The summed E-state index contributed by atoms with van der Waals surface area (Å²) in [7, 11) is 0. The average molecular weight is 578 g/mol. The van der Waals surface area contributed by atoms with Crippen LogP contribution in [0.3, 0.4) is 0 Å². The number of nitrogens with one attached hydrogen (secondary N) is 1. The number of halogens is 1. The Morgan fingerprint density at radius 1 is 0.974 bits per heavy atom. The number of aliphatic hydroxyl groups is 1. The quantitative estimate of drug-likeness (QED) is 0.307. The Hall–Kier alpha value is -3.47. The molecule has 3 aliphatic heterocycles. The van der Waals surface area contributed by atoms with Crippen molar-refractivity contribution in [3.63, 3.8) is 0 Å². The second-order valence-corrected chi connectivity index (χ2v) is 10.1. The third-order valence-electron chi connectivity index (χ3n) is 7.96. The molecule has 2 N–H and O–H groups in total. The van der Waals surface area contributed by atoms with Crippen LogP contribution in [-0.2, 0) is 19.9 Å². The molecule has 3 saturated heterocycles. The van der Waals surface area contributed by atoms with Gasteiger partial charge in [-0.05, 0) is 11.1 Å². The van der Waals surface area contributed by atoms with Crippen LogP contribution in [0.15, 0.2) is 61.2 Å². The molecule has 0 saturated carbocycles. The van der Waals surface area contributed by atoms with Gasteiger partial charge in [-0.15, -0.1) is 0 Å². The average Bonchev–Trinajstić information content (AvgIpc) is 3.05. The topological polar surface area (TPSA) is 114 Å². The highest BCUT2D eigenvalue weighted by molar-refractivity contribution is 5.92. The highest BCUT2D eigenvalue weighted by Crippen LogP contribution is 2.41. The number of aromatic nitrogens is 3. The molecule has 1 amide bonds. The molecule has 38 heavy (non-hydrogen) atoms. The molecule has 1 aromatic heterocycles. The number of esters is 1. The monoisotopic (exact) mass is 577 g/mol. The predicted octanol–water partition coefficient (Wildman–Crippen LogP) is -0.614. The number of nitrogens with zero attached hydrogens (tertiary/aromatic N) is 4. The fraction of sp³-hybridized carbons (Fsp3) is 0.321. The van der Waals surface area contributed by atoms with E-state index in [9.17, 15) is 14.7 Å². The van der Waals surface area contributed by atoms with E-state index in [-0.39, 0.29) is 47.4 Å². The zero-order valence-corrected chi connectivity index (χ0v) is 22.3. The number of hydrogen-bond acceptors (Lipinski definition) is 7. The molecule has 9 nitrogen and oxygen atoms in total. The summed E-state index contributed by atoms with van der Waals surface area (Å²) in [5.74, 6) is -0.446. The Bertz CT molecular complexity index is 1320. The van der Waals surface area contributed by atoms with Gasteiger partial charge >= 0.3 is 5.97 Å². The molecule has 0 radical (unpaired) electrons. The molecule has 3 fully saturated rings. The van der Waals surface area contributed by atoms with Crippen LogP contribution < -0.4 is 22.3 Å². The first-order valence-electron chi connectivity index (χ1n) is 12.5. The second kappa shape index (κ2) is 10.4. The third kappa shape index (κ3) is 4.63. The molecule has 7 rings (SSSR count). The molecule has 10 heteroatoms. The zero-order chi connectivity index (χ0) is 25.5. The first-order chi connectivity index (χ1) is 18.0. The number of fused-ring (bicyclic) bond motifs is 5. The van der Waals surface area contributed by atoms with Crippen LogP contribution in [0.25, 0.3) is 12.2 Å². The number of hydrogen-bond donors (Lipinski definition) is 2. The zero-order valence-electron chi connectivity index (χ0n) is 20.7. The van der Waals surface area contributed by atoms with Crippen molar-refractivity contribution in [3.8, 4) is 0 Å². The molecule has 0 spiro atoms. The van der Waals surface area contributed by atoms with E-state index in [1.807, 2.05) is 48.6 Å². The van der Waals surface area contributed by atoms with Crippen LogP contribution in [0.4, 0.5) is 5.95 Å². The van der Waals surface area contributed by atoms with Crippen LogP contribution in [-0.4, -0.2) is 68.7 Å². The molecule has 196 valence electrons. The standard InChI is InChI=1S/C28H27N5O4.BrH/c34-25(32-27-30-17-29-18-31-27)16-33-13-11-21(12-14-33)24(15-33)37-26(35)28(36)22-7-3-1-5-19(22)9-10-20-6-2-4-8-23(20)28;/h1-10,17-18,21,24,36H,11-16H2;1H/t21?,24-,33?;/m0./s1. The van der Waals surface area contributed by atoms with Crippen molar-refractivity contribution in [2.24, 2.45) is 5.92 Å². The molecule has 1 atom stereocenters. The number of carbonyl (C=O) groups is 2. The maximum atomic E-state index is 13.9. The molecule has 4 heterocycles. The minimum atomic E-state index is -1.94. The number of piperidine rings is 3. The number of ether oxygens (including phenoxy) is 1. The van der Waals surface area contributed by atoms with E-state index in [2.05, 4.69) is 20.3 Å². The van der Waals surface area contributed by atoms with Crippen molar-refractivity contribution in [3.05, 3.63) is 83.4 Å². The summed E-state index contributed by atoms with van der Waals surface area (Å²) in [5, 5.41) is 14.8. The summed E-state index contributed by atoms with van der Waals surface area (Å²) >= 11 is 0. The number of anilines is 1. The molecule has 2 bridgehead atoms. The van der Waals surface area contributed by atoms with Gasteiger partial charge < -0.3 is 31.3 Å². The fourth-order valence-electron chi connectivity index (χ4n) is 6.06. The van der Waals surface area contributed by atoms with Gasteiger partial charge in [0.05, 0.1) is 13.1 Å². The van der Waals surface area contributed by atoms with Crippen LogP contribution in [0.1, 0.15) is 35.1 Å². The van der Waals surface area contributed by atoms with E-state index in [1.165, 1.54) is 12.7 Å². The van der Waals surface area contributed by atoms with Gasteiger partial charge in [-0.2, -0.15) is 0 Å². The summed E-state index contributed by atoms with van der Waals surface area (Å²) in [5.41, 5.74) is 0.603. The lowest BCUT2D eigenvalue weighted by atomic mass is 9.81. The summed E-state index contributed by atoms with van der Waals surface area (Å²) in [6.07, 6.45) is 7.81. The minimum absolute atomic E-state index is 0. The summed E-state index contributed by atoms with van der Waals surface area (Å²) in [6, 6.07) is 14.7. The fourth-order valence-corrected chi connectivity index (χ4v) is 6.06. The summed E-state index contributed by atoms with van der Waals surface area (Å²) in [4.78, 5) is 38.4. The van der Waals surface area contributed by atoms with Crippen LogP contribution in [0, 0.1) is 5.92 Å². The summed E-state index contributed by atoms with van der Waals surface area (Å²) < 4.78 is 6.69. The minimum Gasteiger partial charge on any atom is -1.00 e. The molecular weight excluding hydrogens is 550 g/mol. The van der Waals surface area contributed by atoms with Gasteiger partial charge in [-0.25, -0.2) is 19.7 Å². The Labute approximate surface area is 231 Å². The Morgan fingerprint density at radius 2 is 1.55 bits per heavy atom. The Kier molecular flexibility index (Phi) is 7.13. The van der Waals surface area contributed by atoms with Crippen LogP contribution in [0.2, 0.25) is 0 Å². The maximum absolute atomic E-state index is 13.9. The van der Waals surface area contributed by atoms with Crippen molar-refractivity contribution in [2.45, 2.75) is 24.5 Å². The lowest BCUT2D eigenvalue weighted by Crippen LogP contribution is -3.00.